The third kappa shape index (κ3) is 5.15. The summed E-state index contributed by atoms with van der Waals surface area (Å²) in [6, 6.07) is 11.6. The van der Waals surface area contributed by atoms with Crippen molar-refractivity contribution in [2.75, 3.05) is 5.32 Å². The van der Waals surface area contributed by atoms with Crippen LogP contribution in [0.4, 0.5) is 11.4 Å². The van der Waals surface area contributed by atoms with Crippen LogP contribution in [0.25, 0.3) is 0 Å². The molecule has 3 aromatic rings. The van der Waals surface area contributed by atoms with E-state index in [1.807, 2.05) is 5.38 Å². The molecule has 34 heavy (non-hydrogen) atoms. The molecule has 2 aromatic carbocycles. The molecule has 9 nitrogen and oxygen atoms in total. The Kier molecular flexibility index (Phi) is 6.75. The van der Waals surface area contributed by atoms with Crippen molar-refractivity contribution in [3.8, 4) is 0 Å². The molecule has 0 fully saturated rings. The number of nitrogens with zero attached hydrogens (tertiary/aromatic N) is 2. The van der Waals surface area contributed by atoms with Crippen molar-refractivity contribution in [2.45, 2.75) is 37.5 Å². The highest BCUT2D eigenvalue weighted by Gasteiger charge is 2.20. The maximum Gasteiger partial charge on any atom is 0.276 e. The van der Waals surface area contributed by atoms with Crippen LogP contribution >= 0.6 is 11.3 Å². The average Bonchev–Trinajstić information content (AvgIpc) is 3.27. The standard InChI is InChI=1S/C23H22N4O5S2/c1-15(25-26-34(31,32)19-9-5-8-18(13-19)27(29)30)16-6-4-7-17(12-16)24-23(28)21-14-33-22-11-3-2-10-20(21)22/h4-9,12-14,26H,2-3,10-11H2,1H3,(H,24,28)/b25-15+. The van der Waals surface area contributed by atoms with Gasteiger partial charge in [0.2, 0.25) is 0 Å². The number of benzene rings is 2. The van der Waals surface area contributed by atoms with Crippen LogP contribution in [0.15, 0.2) is 63.9 Å². The largest absolute Gasteiger partial charge is 0.322 e. The van der Waals surface area contributed by atoms with Gasteiger partial charge in [0.05, 0.1) is 21.1 Å². The van der Waals surface area contributed by atoms with E-state index in [1.165, 1.54) is 23.1 Å². The number of rotatable bonds is 7. The minimum absolute atomic E-state index is 0.169. The van der Waals surface area contributed by atoms with E-state index in [2.05, 4.69) is 15.2 Å². The van der Waals surface area contributed by atoms with Gasteiger partial charge in [-0.15, -0.1) is 11.3 Å². The number of sulfonamides is 1. The zero-order valence-electron chi connectivity index (χ0n) is 18.3. The van der Waals surface area contributed by atoms with Gasteiger partial charge in [-0.1, -0.05) is 18.2 Å². The van der Waals surface area contributed by atoms with Crippen LogP contribution < -0.4 is 10.1 Å². The molecule has 0 atom stereocenters. The Bertz CT molecular complexity index is 1400. The Morgan fingerprint density at radius 2 is 1.88 bits per heavy atom. The number of anilines is 1. The van der Waals surface area contributed by atoms with Gasteiger partial charge in [-0.2, -0.15) is 18.4 Å². The van der Waals surface area contributed by atoms with E-state index in [-0.39, 0.29) is 16.5 Å². The number of nitrogens with one attached hydrogen (secondary N) is 2. The number of hydrogen-bond donors (Lipinski definition) is 2. The molecule has 0 bridgehead atoms. The Morgan fingerprint density at radius 3 is 2.68 bits per heavy atom. The summed E-state index contributed by atoms with van der Waals surface area (Å²) in [7, 11) is -4.10. The van der Waals surface area contributed by atoms with E-state index in [0.717, 1.165) is 37.3 Å². The van der Waals surface area contributed by atoms with Crippen LogP contribution in [0.3, 0.4) is 0 Å². The lowest BCUT2D eigenvalue weighted by Crippen LogP contribution is -2.20. The highest BCUT2D eigenvalue weighted by Crippen LogP contribution is 2.30. The lowest BCUT2D eigenvalue weighted by molar-refractivity contribution is -0.385. The summed E-state index contributed by atoms with van der Waals surface area (Å²) in [6.07, 6.45) is 4.17. The summed E-state index contributed by atoms with van der Waals surface area (Å²) in [5.41, 5.74) is 3.04. The second-order valence-electron chi connectivity index (χ2n) is 7.84. The molecule has 1 aromatic heterocycles. The molecule has 11 heteroatoms. The van der Waals surface area contributed by atoms with Crippen molar-refractivity contribution in [3.05, 3.63) is 85.6 Å². The first kappa shape index (κ1) is 23.6. The van der Waals surface area contributed by atoms with Gasteiger partial charge < -0.3 is 5.32 Å². The Labute approximate surface area is 200 Å². The first-order valence-corrected chi connectivity index (χ1v) is 12.9. The Morgan fingerprint density at radius 1 is 1.12 bits per heavy atom. The molecular weight excluding hydrogens is 476 g/mol. The zero-order valence-corrected chi connectivity index (χ0v) is 19.9. The molecule has 1 aliphatic rings. The fourth-order valence-corrected chi connectivity index (χ4v) is 5.74. The summed E-state index contributed by atoms with van der Waals surface area (Å²) in [5.74, 6) is -0.169. The molecule has 1 heterocycles. The SMILES string of the molecule is C/C(=N\NS(=O)(=O)c1cccc([N+](=O)[O-])c1)c1cccc(NC(=O)c2csc3c2CCCC3)c1. The van der Waals surface area contributed by atoms with Crippen LogP contribution in [0.2, 0.25) is 0 Å². The van der Waals surface area contributed by atoms with Gasteiger partial charge in [-0.05, 0) is 61.9 Å². The minimum Gasteiger partial charge on any atom is -0.322 e. The number of fused-ring (bicyclic) bond motifs is 1. The normalized spacial score (nSPS) is 13.7. The maximum absolute atomic E-state index is 12.8. The fourth-order valence-electron chi connectivity index (χ4n) is 3.71. The van der Waals surface area contributed by atoms with E-state index < -0.39 is 14.9 Å². The number of non-ortho nitro benzene ring substituents is 1. The van der Waals surface area contributed by atoms with Crippen molar-refractivity contribution >= 4 is 44.4 Å². The molecule has 0 saturated heterocycles. The van der Waals surface area contributed by atoms with Gasteiger partial charge in [0.15, 0.2) is 0 Å². The van der Waals surface area contributed by atoms with Crippen molar-refractivity contribution in [1.82, 2.24) is 4.83 Å². The molecule has 1 amide bonds. The van der Waals surface area contributed by atoms with Gasteiger partial charge in [-0.3, -0.25) is 14.9 Å². The lowest BCUT2D eigenvalue weighted by Gasteiger charge is -2.13. The Hall–Kier alpha value is -3.57. The highest BCUT2D eigenvalue weighted by atomic mass is 32.2. The molecule has 176 valence electrons. The van der Waals surface area contributed by atoms with Gasteiger partial charge in [0, 0.05) is 28.1 Å². The molecule has 4 rings (SSSR count). The summed E-state index contributed by atoms with van der Waals surface area (Å²) in [5, 5.41) is 19.7. The number of nitro groups is 1. The van der Waals surface area contributed by atoms with Crippen molar-refractivity contribution in [2.24, 2.45) is 5.10 Å². The quantitative estimate of drug-likeness (QED) is 0.281. The van der Waals surface area contributed by atoms with E-state index in [0.29, 0.717) is 22.5 Å². The topological polar surface area (TPSA) is 131 Å². The summed E-state index contributed by atoms with van der Waals surface area (Å²) >= 11 is 1.63. The Balaban J connectivity index is 1.49. The van der Waals surface area contributed by atoms with E-state index in [9.17, 15) is 23.3 Å². The van der Waals surface area contributed by atoms with E-state index in [4.69, 9.17) is 0 Å². The van der Waals surface area contributed by atoms with Crippen molar-refractivity contribution in [1.29, 1.82) is 0 Å². The molecule has 0 radical (unpaired) electrons. The highest BCUT2D eigenvalue weighted by molar-refractivity contribution is 7.89. The molecule has 1 aliphatic carbocycles. The summed E-state index contributed by atoms with van der Waals surface area (Å²) < 4.78 is 25.0. The summed E-state index contributed by atoms with van der Waals surface area (Å²) in [4.78, 5) is 26.2. The fraction of sp³-hybridized carbons (Fsp3) is 0.217. The van der Waals surface area contributed by atoms with E-state index in [1.54, 1.807) is 42.5 Å². The van der Waals surface area contributed by atoms with Crippen LogP contribution in [0.1, 0.15) is 46.1 Å². The third-order valence-corrected chi connectivity index (χ3v) is 7.81. The van der Waals surface area contributed by atoms with Gasteiger partial charge in [0.1, 0.15) is 0 Å². The number of thiophene rings is 1. The van der Waals surface area contributed by atoms with Crippen LogP contribution in [0, 0.1) is 10.1 Å². The zero-order chi connectivity index (χ0) is 24.3. The second-order valence-corrected chi connectivity index (χ2v) is 10.5. The lowest BCUT2D eigenvalue weighted by atomic mass is 9.95. The predicted octanol–water partition coefficient (Wildman–Crippen LogP) is 4.49. The number of carbonyl (C=O) groups excluding carboxylic acids is 1. The first-order valence-electron chi connectivity index (χ1n) is 10.6. The smallest absolute Gasteiger partial charge is 0.276 e. The molecule has 2 N–H and O–H groups in total. The molecule has 0 saturated carbocycles. The number of carbonyl (C=O) groups is 1. The third-order valence-electron chi connectivity index (χ3n) is 5.52. The predicted molar refractivity (Wildman–Crippen MR) is 131 cm³/mol. The van der Waals surface area contributed by atoms with Crippen LogP contribution in [0.5, 0.6) is 0 Å². The molecule has 0 unspecified atom stereocenters. The number of hydrazone groups is 1. The first-order chi connectivity index (χ1) is 16.2. The van der Waals surface area contributed by atoms with Crippen molar-refractivity contribution in [3.63, 3.8) is 0 Å². The summed E-state index contributed by atoms with van der Waals surface area (Å²) in [6.45, 7) is 1.62. The van der Waals surface area contributed by atoms with Crippen LogP contribution in [-0.4, -0.2) is 25.0 Å². The van der Waals surface area contributed by atoms with Gasteiger partial charge >= 0.3 is 0 Å². The van der Waals surface area contributed by atoms with Crippen molar-refractivity contribution < 1.29 is 18.1 Å². The molecule has 0 spiro atoms. The monoisotopic (exact) mass is 498 g/mol. The number of aryl methyl sites for hydroxylation is 1. The molecule has 0 aliphatic heterocycles. The average molecular weight is 499 g/mol. The number of nitro benzene ring substituents is 1. The number of hydrogen-bond acceptors (Lipinski definition) is 7. The number of amides is 1. The minimum atomic E-state index is -4.10. The second kappa shape index (κ2) is 9.74. The van der Waals surface area contributed by atoms with E-state index >= 15 is 0 Å². The van der Waals surface area contributed by atoms with Gasteiger partial charge in [0.25, 0.3) is 21.6 Å². The molecular formula is C23H22N4O5S2. The van der Waals surface area contributed by atoms with Crippen LogP contribution in [-0.2, 0) is 22.9 Å². The maximum atomic E-state index is 12.8. The van der Waals surface area contributed by atoms with Gasteiger partial charge in [-0.25, -0.2) is 0 Å².